The van der Waals surface area contributed by atoms with E-state index in [-0.39, 0.29) is 24.3 Å². The van der Waals surface area contributed by atoms with E-state index in [9.17, 15) is 9.59 Å². The van der Waals surface area contributed by atoms with Crippen LogP contribution in [0.15, 0.2) is 60.7 Å². The summed E-state index contributed by atoms with van der Waals surface area (Å²) in [5.74, 6) is -0.239. The molecule has 0 saturated carbocycles. The molecule has 0 aromatic heterocycles. The van der Waals surface area contributed by atoms with Crippen LogP contribution in [0.4, 0.5) is 0 Å². The average molecular weight is 309 g/mol. The van der Waals surface area contributed by atoms with Gasteiger partial charge in [-0.05, 0) is 24.6 Å². The fraction of sp³-hybridized carbons (Fsp3) is 0.263. The first-order chi connectivity index (χ1) is 11.1. The quantitative estimate of drug-likeness (QED) is 0.643. The number of para-hydroxylation sites is 1. The van der Waals surface area contributed by atoms with Crippen molar-refractivity contribution in [3.05, 3.63) is 66.2 Å². The second kappa shape index (κ2) is 6.65. The number of ether oxygens (including phenoxy) is 1. The maximum atomic E-state index is 12.3. The Morgan fingerprint density at radius 1 is 1.09 bits per heavy atom. The Balaban J connectivity index is 1.66. The van der Waals surface area contributed by atoms with Gasteiger partial charge in [0.15, 0.2) is 0 Å². The Labute approximate surface area is 135 Å². The van der Waals surface area contributed by atoms with Crippen LogP contribution in [-0.4, -0.2) is 23.3 Å². The van der Waals surface area contributed by atoms with Gasteiger partial charge in [-0.25, -0.2) is 0 Å². The van der Waals surface area contributed by atoms with Gasteiger partial charge in [0.2, 0.25) is 5.91 Å². The fourth-order valence-corrected chi connectivity index (χ4v) is 2.86. The smallest absolute Gasteiger partial charge is 0.316 e. The van der Waals surface area contributed by atoms with Crippen LogP contribution in [0.1, 0.15) is 24.9 Å². The van der Waals surface area contributed by atoms with Crippen molar-refractivity contribution in [3.8, 4) is 5.75 Å². The molecule has 23 heavy (non-hydrogen) atoms. The predicted octanol–water partition coefficient (Wildman–Crippen LogP) is 3.20. The summed E-state index contributed by atoms with van der Waals surface area (Å²) in [7, 11) is 0. The molecule has 1 aliphatic rings. The zero-order chi connectivity index (χ0) is 16.2. The second-order valence-electron chi connectivity index (χ2n) is 5.77. The van der Waals surface area contributed by atoms with E-state index >= 15 is 0 Å². The van der Waals surface area contributed by atoms with Gasteiger partial charge in [-0.15, -0.1) is 0 Å². The summed E-state index contributed by atoms with van der Waals surface area (Å²) in [4.78, 5) is 26.3. The molecule has 0 aliphatic carbocycles. The monoisotopic (exact) mass is 309 g/mol. The molecular weight excluding hydrogens is 290 g/mol. The Hall–Kier alpha value is -2.62. The van der Waals surface area contributed by atoms with Gasteiger partial charge in [-0.3, -0.25) is 9.59 Å². The number of rotatable bonds is 4. The number of carbonyl (C=O) groups excluding carboxylic acids is 2. The molecule has 3 rings (SSSR count). The topological polar surface area (TPSA) is 46.6 Å². The van der Waals surface area contributed by atoms with Gasteiger partial charge in [0, 0.05) is 13.0 Å². The summed E-state index contributed by atoms with van der Waals surface area (Å²) in [5, 5.41) is 0. The third-order valence-corrected chi connectivity index (χ3v) is 4.20. The van der Waals surface area contributed by atoms with E-state index < -0.39 is 5.92 Å². The van der Waals surface area contributed by atoms with Gasteiger partial charge in [0.05, 0.1) is 12.0 Å². The lowest BCUT2D eigenvalue weighted by atomic mass is 10.1. The van der Waals surface area contributed by atoms with E-state index in [1.165, 1.54) is 0 Å². The lowest BCUT2D eigenvalue weighted by Gasteiger charge is -2.25. The Morgan fingerprint density at radius 2 is 1.70 bits per heavy atom. The van der Waals surface area contributed by atoms with Crippen LogP contribution in [0, 0.1) is 5.92 Å². The van der Waals surface area contributed by atoms with E-state index in [1.54, 1.807) is 17.0 Å². The minimum absolute atomic E-state index is 0.00337. The summed E-state index contributed by atoms with van der Waals surface area (Å²) in [6.07, 6.45) is 0.211. The molecule has 1 fully saturated rings. The van der Waals surface area contributed by atoms with Crippen molar-refractivity contribution in [2.24, 2.45) is 5.92 Å². The first-order valence-electron chi connectivity index (χ1n) is 7.76. The third kappa shape index (κ3) is 3.42. The summed E-state index contributed by atoms with van der Waals surface area (Å²) in [6, 6.07) is 18.7. The molecule has 0 unspecified atom stereocenters. The van der Waals surface area contributed by atoms with Gasteiger partial charge >= 0.3 is 5.97 Å². The normalized spacial score (nSPS) is 18.7. The van der Waals surface area contributed by atoms with Gasteiger partial charge in [0.25, 0.3) is 0 Å². The molecule has 118 valence electrons. The van der Waals surface area contributed by atoms with Crippen molar-refractivity contribution in [3.63, 3.8) is 0 Å². The first-order valence-corrected chi connectivity index (χ1v) is 7.76. The minimum Gasteiger partial charge on any atom is -0.426 e. The zero-order valence-electron chi connectivity index (χ0n) is 13.0. The van der Waals surface area contributed by atoms with Crippen molar-refractivity contribution in [2.75, 3.05) is 6.54 Å². The van der Waals surface area contributed by atoms with Crippen molar-refractivity contribution in [2.45, 2.75) is 19.4 Å². The van der Waals surface area contributed by atoms with Crippen molar-refractivity contribution in [1.29, 1.82) is 0 Å². The van der Waals surface area contributed by atoms with Gasteiger partial charge in [-0.2, -0.15) is 0 Å². The van der Waals surface area contributed by atoms with E-state index in [2.05, 4.69) is 0 Å². The van der Waals surface area contributed by atoms with Crippen LogP contribution in [0.3, 0.4) is 0 Å². The number of hydrogen-bond acceptors (Lipinski definition) is 3. The Morgan fingerprint density at radius 3 is 2.35 bits per heavy atom. The SMILES string of the molecule is C[C@H](c1ccccc1)N1C[C@@H](C(=O)Oc2ccccc2)CC1=O. The minimum atomic E-state index is -0.408. The van der Waals surface area contributed by atoms with Crippen molar-refractivity contribution >= 4 is 11.9 Å². The van der Waals surface area contributed by atoms with Crippen molar-refractivity contribution < 1.29 is 14.3 Å². The van der Waals surface area contributed by atoms with Gasteiger partial charge < -0.3 is 9.64 Å². The van der Waals surface area contributed by atoms with Crippen molar-refractivity contribution in [1.82, 2.24) is 4.90 Å². The largest absolute Gasteiger partial charge is 0.426 e. The first kappa shape index (κ1) is 15.3. The van der Waals surface area contributed by atoms with E-state index in [1.807, 2.05) is 55.5 Å². The molecule has 0 bridgehead atoms. The highest BCUT2D eigenvalue weighted by Gasteiger charge is 2.38. The highest BCUT2D eigenvalue weighted by molar-refractivity contribution is 5.87. The third-order valence-electron chi connectivity index (χ3n) is 4.20. The molecule has 4 heteroatoms. The van der Waals surface area contributed by atoms with Gasteiger partial charge in [-0.1, -0.05) is 48.5 Å². The van der Waals surface area contributed by atoms with Crippen LogP contribution in [-0.2, 0) is 9.59 Å². The second-order valence-corrected chi connectivity index (χ2v) is 5.77. The number of carbonyl (C=O) groups is 2. The molecule has 2 atom stereocenters. The molecule has 0 radical (unpaired) electrons. The standard InChI is InChI=1S/C19H19NO3/c1-14(15-8-4-2-5-9-15)20-13-16(12-18(20)21)19(22)23-17-10-6-3-7-11-17/h2-11,14,16H,12-13H2,1H3/t14-,16+/m1/s1. The molecular formula is C19H19NO3. The highest BCUT2D eigenvalue weighted by atomic mass is 16.5. The molecule has 1 heterocycles. The molecule has 1 aliphatic heterocycles. The number of amides is 1. The molecule has 0 spiro atoms. The van der Waals surface area contributed by atoms with Crippen LogP contribution in [0.25, 0.3) is 0 Å². The van der Waals surface area contributed by atoms with Crippen LogP contribution < -0.4 is 4.74 Å². The lowest BCUT2D eigenvalue weighted by Crippen LogP contribution is -2.30. The molecule has 2 aromatic rings. The maximum Gasteiger partial charge on any atom is 0.316 e. The van der Waals surface area contributed by atoms with Crippen LogP contribution in [0.5, 0.6) is 5.75 Å². The number of likely N-dealkylation sites (tertiary alicyclic amines) is 1. The number of nitrogens with zero attached hydrogens (tertiary/aromatic N) is 1. The van der Waals surface area contributed by atoms with E-state index in [0.29, 0.717) is 12.3 Å². The highest BCUT2D eigenvalue weighted by Crippen LogP contribution is 2.29. The van der Waals surface area contributed by atoms with Crippen LogP contribution >= 0.6 is 0 Å². The Bertz CT molecular complexity index is 684. The molecule has 1 saturated heterocycles. The molecule has 0 N–H and O–H groups in total. The summed E-state index contributed by atoms with van der Waals surface area (Å²) in [5.41, 5.74) is 1.07. The molecule has 4 nitrogen and oxygen atoms in total. The lowest BCUT2D eigenvalue weighted by molar-refractivity contribution is -0.139. The van der Waals surface area contributed by atoms with E-state index in [0.717, 1.165) is 5.56 Å². The maximum absolute atomic E-state index is 12.3. The van der Waals surface area contributed by atoms with Gasteiger partial charge in [0.1, 0.15) is 5.75 Å². The zero-order valence-corrected chi connectivity index (χ0v) is 13.0. The summed E-state index contributed by atoms with van der Waals surface area (Å²) in [6.45, 7) is 2.39. The molecule has 2 aromatic carbocycles. The van der Waals surface area contributed by atoms with Crippen LogP contribution in [0.2, 0.25) is 0 Å². The summed E-state index contributed by atoms with van der Waals surface area (Å²) < 4.78 is 5.36. The van der Waals surface area contributed by atoms with E-state index in [4.69, 9.17) is 4.74 Å². The average Bonchev–Trinajstić information content (AvgIpc) is 2.98. The summed E-state index contributed by atoms with van der Waals surface area (Å²) >= 11 is 0. The fourth-order valence-electron chi connectivity index (χ4n) is 2.86. The Kier molecular flexibility index (Phi) is 4.42. The molecule has 1 amide bonds. The number of hydrogen-bond donors (Lipinski definition) is 0. The predicted molar refractivity (Wildman–Crippen MR) is 86.8 cm³/mol. The number of esters is 1. The number of benzene rings is 2.